The van der Waals surface area contributed by atoms with E-state index in [0.29, 0.717) is 22.8 Å². The van der Waals surface area contributed by atoms with Crippen molar-refractivity contribution in [1.29, 1.82) is 0 Å². The zero-order chi connectivity index (χ0) is 13.8. The van der Waals surface area contributed by atoms with Gasteiger partial charge in [0, 0.05) is 0 Å². The van der Waals surface area contributed by atoms with Crippen molar-refractivity contribution in [2.45, 2.75) is 6.92 Å². The molecular weight excluding hydrogens is 242 g/mol. The lowest BCUT2D eigenvalue weighted by atomic mass is 10.2. The van der Waals surface area contributed by atoms with Crippen LogP contribution in [-0.4, -0.2) is 18.1 Å². The molecule has 5 heteroatoms. The van der Waals surface area contributed by atoms with E-state index in [-0.39, 0.29) is 0 Å². The van der Waals surface area contributed by atoms with Gasteiger partial charge in [-0.05, 0) is 31.2 Å². The number of anilines is 3. The summed E-state index contributed by atoms with van der Waals surface area (Å²) >= 11 is 0. The lowest BCUT2D eigenvalue weighted by molar-refractivity contribution is 0.0602. The largest absolute Gasteiger partial charge is 0.465 e. The van der Waals surface area contributed by atoms with Crippen LogP contribution in [0.4, 0.5) is 17.2 Å². The molecule has 0 aliphatic carbocycles. The number of pyridine rings is 1. The van der Waals surface area contributed by atoms with Crippen LogP contribution in [0.15, 0.2) is 36.4 Å². The third-order valence-corrected chi connectivity index (χ3v) is 2.72. The summed E-state index contributed by atoms with van der Waals surface area (Å²) in [6.07, 6.45) is 0. The summed E-state index contributed by atoms with van der Waals surface area (Å²) in [5.41, 5.74) is 8.19. The Morgan fingerprint density at radius 3 is 2.68 bits per heavy atom. The molecule has 0 fully saturated rings. The second-order valence-electron chi connectivity index (χ2n) is 4.03. The summed E-state index contributed by atoms with van der Waals surface area (Å²) in [4.78, 5) is 15.9. The van der Waals surface area contributed by atoms with E-state index in [1.807, 2.05) is 13.0 Å². The molecule has 19 heavy (non-hydrogen) atoms. The summed E-state index contributed by atoms with van der Waals surface area (Å²) < 4.78 is 4.74. The van der Waals surface area contributed by atoms with Gasteiger partial charge in [-0.3, -0.25) is 0 Å². The van der Waals surface area contributed by atoms with Gasteiger partial charge in [-0.1, -0.05) is 12.1 Å². The first-order valence-electron chi connectivity index (χ1n) is 5.79. The summed E-state index contributed by atoms with van der Waals surface area (Å²) in [6.45, 7) is 1.83. The van der Waals surface area contributed by atoms with Crippen molar-refractivity contribution in [1.82, 2.24) is 4.98 Å². The number of nitrogens with zero attached hydrogens (tertiary/aromatic N) is 1. The Morgan fingerprint density at radius 1 is 1.26 bits per heavy atom. The molecule has 0 unspecified atom stereocenters. The molecule has 0 atom stereocenters. The molecule has 0 spiro atoms. The second kappa shape index (κ2) is 5.39. The highest BCUT2D eigenvalue weighted by Crippen LogP contribution is 2.21. The van der Waals surface area contributed by atoms with Crippen molar-refractivity contribution in [3.63, 3.8) is 0 Å². The first kappa shape index (κ1) is 12.9. The number of nitrogens with one attached hydrogen (secondary N) is 1. The number of hydrogen-bond acceptors (Lipinski definition) is 5. The average molecular weight is 257 g/mol. The number of rotatable bonds is 3. The number of hydrogen-bond donors (Lipinski definition) is 2. The Morgan fingerprint density at radius 2 is 2.00 bits per heavy atom. The minimum atomic E-state index is -0.393. The SMILES string of the molecule is COC(=O)c1ccccc1Nc1ccc(N)c(C)n1. The zero-order valence-corrected chi connectivity index (χ0v) is 10.8. The predicted octanol–water partition coefficient (Wildman–Crippen LogP) is 2.50. The number of aryl methyl sites for hydroxylation is 1. The fourth-order valence-corrected chi connectivity index (χ4v) is 1.66. The third-order valence-electron chi connectivity index (χ3n) is 2.72. The van der Waals surface area contributed by atoms with Crippen LogP contribution in [0.3, 0.4) is 0 Å². The van der Waals surface area contributed by atoms with Crippen LogP contribution in [0.25, 0.3) is 0 Å². The maximum atomic E-state index is 11.6. The van der Waals surface area contributed by atoms with E-state index in [9.17, 15) is 4.79 Å². The number of benzene rings is 1. The molecule has 3 N–H and O–H groups in total. The topological polar surface area (TPSA) is 77.2 Å². The standard InChI is InChI=1S/C14H15N3O2/c1-9-11(15)7-8-13(16-9)17-12-6-4-3-5-10(12)14(18)19-2/h3-8H,15H2,1-2H3,(H,16,17). The Kier molecular flexibility index (Phi) is 3.66. The van der Waals surface area contributed by atoms with E-state index >= 15 is 0 Å². The van der Waals surface area contributed by atoms with Gasteiger partial charge < -0.3 is 15.8 Å². The molecule has 1 aromatic carbocycles. The minimum absolute atomic E-state index is 0.393. The molecule has 0 aliphatic heterocycles. The highest BCUT2D eigenvalue weighted by atomic mass is 16.5. The summed E-state index contributed by atoms with van der Waals surface area (Å²) in [6, 6.07) is 10.6. The molecule has 0 saturated carbocycles. The van der Waals surface area contributed by atoms with Gasteiger partial charge in [0.1, 0.15) is 5.82 Å². The lowest BCUT2D eigenvalue weighted by Gasteiger charge is -2.11. The van der Waals surface area contributed by atoms with Crippen molar-refractivity contribution in [3.8, 4) is 0 Å². The Labute approximate surface area is 111 Å². The number of methoxy groups -OCH3 is 1. The van der Waals surface area contributed by atoms with E-state index in [1.54, 1.807) is 30.3 Å². The van der Waals surface area contributed by atoms with Crippen LogP contribution >= 0.6 is 0 Å². The first-order valence-corrected chi connectivity index (χ1v) is 5.79. The summed E-state index contributed by atoms with van der Waals surface area (Å²) in [7, 11) is 1.35. The number of para-hydroxylation sites is 1. The summed E-state index contributed by atoms with van der Waals surface area (Å²) in [5.74, 6) is 0.235. The summed E-state index contributed by atoms with van der Waals surface area (Å²) in [5, 5.41) is 3.09. The van der Waals surface area contributed by atoms with Crippen LogP contribution in [0, 0.1) is 6.92 Å². The molecular formula is C14H15N3O2. The van der Waals surface area contributed by atoms with Crippen molar-refractivity contribution in [2.75, 3.05) is 18.2 Å². The quantitative estimate of drug-likeness (QED) is 0.826. The van der Waals surface area contributed by atoms with Crippen LogP contribution in [0.2, 0.25) is 0 Å². The molecule has 0 bridgehead atoms. The highest BCUT2D eigenvalue weighted by Gasteiger charge is 2.11. The number of aromatic nitrogens is 1. The van der Waals surface area contributed by atoms with Crippen molar-refractivity contribution in [2.24, 2.45) is 0 Å². The smallest absolute Gasteiger partial charge is 0.339 e. The van der Waals surface area contributed by atoms with Crippen LogP contribution in [0.5, 0.6) is 0 Å². The van der Waals surface area contributed by atoms with E-state index in [2.05, 4.69) is 10.3 Å². The minimum Gasteiger partial charge on any atom is -0.465 e. The number of nitrogens with two attached hydrogens (primary N) is 1. The van der Waals surface area contributed by atoms with Crippen LogP contribution < -0.4 is 11.1 Å². The van der Waals surface area contributed by atoms with Gasteiger partial charge in [0.2, 0.25) is 0 Å². The maximum absolute atomic E-state index is 11.6. The van der Waals surface area contributed by atoms with Crippen molar-refractivity contribution in [3.05, 3.63) is 47.7 Å². The lowest BCUT2D eigenvalue weighted by Crippen LogP contribution is -2.06. The zero-order valence-electron chi connectivity index (χ0n) is 10.8. The molecule has 2 aromatic rings. The van der Waals surface area contributed by atoms with Crippen LogP contribution in [0.1, 0.15) is 16.1 Å². The monoisotopic (exact) mass is 257 g/mol. The van der Waals surface area contributed by atoms with Crippen molar-refractivity contribution >= 4 is 23.2 Å². The maximum Gasteiger partial charge on any atom is 0.339 e. The van der Waals surface area contributed by atoms with E-state index in [1.165, 1.54) is 7.11 Å². The molecule has 1 aromatic heterocycles. The van der Waals surface area contributed by atoms with Crippen molar-refractivity contribution < 1.29 is 9.53 Å². The molecule has 1 heterocycles. The van der Waals surface area contributed by atoms with E-state index in [4.69, 9.17) is 10.5 Å². The molecule has 0 amide bonds. The number of ether oxygens (including phenoxy) is 1. The van der Waals surface area contributed by atoms with Gasteiger partial charge in [0.25, 0.3) is 0 Å². The molecule has 98 valence electrons. The highest BCUT2D eigenvalue weighted by molar-refractivity contribution is 5.96. The van der Waals surface area contributed by atoms with Crippen LogP contribution in [-0.2, 0) is 4.74 Å². The van der Waals surface area contributed by atoms with Gasteiger partial charge in [0.05, 0.1) is 29.7 Å². The van der Waals surface area contributed by atoms with E-state index < -0.39 is 5.97 Å². The molecule has 5 nitrogen and oxygen atoms in total. The Hall–Kier alpha value is -2.56. The Bertz CT molecular complexity index is 611. The van der Waals surface area contributed by atoms with Gasteiger partial charge in [-0.25, -0.2) is 9.78 Å². The first-order chi connectivity index (χ1) is 9.11. The van der Waals surface area contributed by atoms with Gasteiger partial charge in [0.15, 0.2) is 0 Å². The number of carbonyl (C=O) groups is 1. The average Bonchev–Trinajstić information content (AvgIpc) is 2.43. The van der Waals surface area contributed by atoms with Gasteiger partial charge >= 0.3 is 5.97 Å². The van der Waals surface area contributed by atoms with E-state index in [0.717, 1.165) is 5.69 Å². The van der Waals surface area contributed by atoms with Gasteiger partial charge in [-0.2, -0.15) is 0 Å². The predicted molar refractivity (Wildman–Crippen MR) is 74.5 cm³/mol. The number of carbonyl (C=O) groups excluding carboxylic acids is 1. The normalized spacial score (nSPS) is 10.0. The van der Waals surface area contributed by atoms with Gasteiger partial charge in [-0.15, -0.1) is 0 Å². The fourth-order valence-electron chi connectivity index (χ4n) is 1.66. The molecule has 0 saturated heterocycles. The molecule has 2 rings (SSSR count). The fraction of sp³-hybridized carbons (Fsp3) is 0.143. The molecule has 0 radical (unpaired) electrons. The number of esters is 1. The Balaban J connectivity index is 2.32. The molecule has 0 aliphatic rings. The number of nitrogen functional groups attached to an aromatic ring is 1. The third kappa shape index (κ3) is 2.82. The second-order valence-corrected chi connectivity index (χ2v) is 4.03.